The summed E-state index contributed by atoms with van der Waals surface area (Å²) in [7, 11) is -3.91. The first-order valence-electron chi connectivity index (χ1n) is 11.0. The van der Waals surface area contributed by atoms with Crippen molar-refractivity contribution in [3.05, 3.63) is 95.6 Å². The van der Waals surface area contributed by atoms with Gasteiger partial charge in [0.05, 0.1) is 16.6 Å². The molecule has 1 aliphatic rings. The number of sulfonamides is 1. The van der Waals surface area contributed by atoms with Crippen LogP contribution in [0.3, 0.4) is 0 Å². The van der Waals surface area contributed by atoms with Gasteiger partial charge in [0.2, 0.25) is 5.91 Å². The predicted octanol–water partition coefficient (Wildman–Crippen LogP) is 4.64. The van der Waals surface area contributed by atoms with Gasteiger partial charge >= 0.3 is 0 Å². The number of para-hydroxylation sites is 1. The molecule has 166 valence electrons. The molecule has 4 rings (SSSR count). The summed E-state index contributed by atoms with van der Waals surface area (Å²) >= 11 is 0. The number of nitrogens with zero attached hydrogens (tertiary/aromatic N) is 1. The molecule has 5 nitrogen and oxygen atoms in total. The number of aryl methyl sites for hydroxylation is 2. The molecular weight excluding hydrogens is 420 g/mol. The van der Waals surface area contributed by atoms with Gasteiger partial charge in [-0.3, -0.25) is 9.10 Å². The Balaban J connectivity index is 1.65. The molecule has 0 aromatic heterocycles. The maximum atomic E-state index is 13.6. The summed E-state index contributed by atoms with van der Waals surface area (Å²) in [5.74, 6) is -0.308. The number of nitrogens with one attached hydrogen (secondary N) is 1. The third-order valence-electron chi connectivity index (χ3n) is 5.96. The standard InChI is InChI=1S/C26H28N2O3S/c1-2-20-11-7-9-18-25(20)28(32(30,31)22-14-4-3-5-15-22)19-26(29)27-24-17-10-13-21-12-6-8-16-23(21)24/h3-9,11-12,14-16,18,24H,2,10,13,17,19H2,1H3,(H,27,29)/t24-/m1/s1. The first kappa shape index (κ1) is 22.1. The quantitative estimate of drug-likeness (QED) is 0.573. The molecule has 1 atom stereocenters. The Morgan fingerprint density at radius 2 is 1.66 bits per heavy atom. The van der Waals surface area contributed by atoms with Gasteiger partial charge in [-0.25, -0.2) is 8.42 Å². The lowest BCUT2D eigenvalue weighted by molar-refractivity contribution is -0.120. The van der Waals surface area contributed by atoms with Gasteiger partial charge in [-0.05, 0) is 60.6 Å². The third-order valence-corrected chi connectivity index (χ3v) is 7.74. The minimum absolute atomic E-state index is 0.102. The predicted molar refractivity (Wildman–Crippen MR) is 127 cm³/mol. The van der Waals surface area contributed by atoms with Gasteiger partial charge in [-0.15, -0.1) is 0 Å². The zero-order chi connectivity index (χ0) is 22.6. The molecule has 0 fully saturated rings. The minimum atomic E-state index is -3.91. The van der Waals surface area contributed by atoms with E-state index in [0.717, 1.165) is 30.4 Å². The van der Waals surface area contributed by atoms with Crippen molar-refractivity contribution < 1.29 is 13.2 Å². The first-order valence-corrected chi connectivity index (χ1v) is 12.5. The molecule has 0 heterocycles. The van der Waals surface area contributed by atoms with E-state index in [1.165, 1.54) is 9.87 Å². The highest BCUT2D eigenvalue weighted by Crippen LogP contribution is 2.30. The van der Waals surface area contributed by atoms with E-state index < -0.39 is 10.0 Å². The number of amides is 1. The number of hydrogen-bond acceptors (Lipinski definition) is 3. The van der Waals surface area contributed by atoms with Crippen LogP contribution in [-0.2, 0) is 27.7 Å². The monoisotopic (exact) mass is 448 g/mol. The van der Waals surface area contributed by atoms with E-state index in [1.807, 2.05) is 37.3 Å². The molecule has 3 aromatic rings. The fourth-order valence-electron chi connectivity index (χ4n) is 4.35. The number of carbonyl (C=O) groups is 1. The number of hydrogen-bond donors (Lipinski definition) is 1. The summed E-state index contributed by atoms with van der Waals surface area (Å²) in [6.45, 7) is 1.71. The molecule has 0 bridgehead atoms. The molecule has 1 N–H and O–H groups in total. The fourth-order valence-corrected chi connectivity index (χ4v) is 5.83. The van der Waals surface area contributed by atoms with E-state index in [9.17, 15) is 13.2 Å². The van der Waals surface area contributed by atoms with Crippen LogP contribution in [0.1, 0.15) is 42.5 Å². The maximum Gasteiger partial charge on any atom is 0.264 e. The Hall–Kier alpha value is -3.12. The van der Waals surface area contributed by atoms with Gasteiger partial charge in [-0.1, -0.05) is 67.6 Å². The van der Waals surface area contributed by atoms with Crippen LogP contribution in [-0.4, -0.2) is 20.9 Å². The lowest BCUT2D eigenvalue weighted by atomic mass is 9.88. The summed E-state index contributed by atoms with van der Waals surface area (Å²) in [6, 6.07) is 23.7. The zero-order valence-corrected chi connectivity index (χ0v) is 19.0. The summed E-state index contributed by atoms with van der Waals surface area (Å²) < 4.78 is 28.4. The van der Waals surface area contributed by atoms with Gasteiger partial charge in [0.1, 0.15) is 6.54 Å². The van der Waals surface area contributed by atoms with Crippen molar-refractivity contribution >= 4 is 21.6 Å². The van der Waals surface area contributed by atoms with Crippen LogP contribution in [0.25, 0.3) is 0 Å². The van der Waals surface area contributed by atoms with Crippen molar-refractivity contribution in [2.75, 3.05) is 10.8 Å². The molecule has 1 aliphatic carbocycles. The molecule has 0 unspecified atom stereocenters. The van der Waals surface area contributed by atoms with Crippen LogP contribution in [0.15, 0.2) is 83.8 Å². The molecule has 3 aromatic carbocycles. The Morgan fingerprint density at radius 3 is 2.44 bits per heavy atom. The van der Waals surface area contributed by atoms with Gasteiger partial charge in [0, 0.05) is 0 Å². The van der Waals surface area contributed by atoms with Gasteiger partial charge in [-0.2, -0.15) is 0 Å². The van der Waals surface area contributed by atoms with Crippen LogP contribution in [0.5, 0.6) is 0 Å². The topological polar surface area (TPSA) is 66.5 Å². The molecular formula is C26H28N2O3S. The number of fused-ring (bicyclic) bond motifs is 1. The Kier molecular flexibility index (Phi) is 6.61. The molecule has 0 aliphatic heterocycles. The average Bonchev–Trinajstić information content (AvgIpc) is 2.83. The van der Waals surface area contributed by atoms with Crippen LogP contribution >= 0.6 is 0 Å². The maximum absolute atomic E-state index is 13.6. The minimum Gasteiger partial charge on any atom is -0.348 e. The molecule has 6 heteroatoms. The van der Waals surface area contributed by atoms with Crippen molar-refractivity contribution in [3.63, 3.8) is 0 Å². The Bertz CT molecular complexity index is 1190. The second-order valence-corrected chi connectivity index (χ2v) is 9.88. The van der Waals surface area contributed by atoms with E-state index in [4.69, 9.17) is 0 Å². The van der Waals surface area contributed by atoms with E-state index >= 15 is 0 Å². The summed E-state index contributed by atoms with van der Waals surface area (Å²) in [4.78, 5) is 13.3. The summed E-state index contributed by atoms with van der Waals surface area (Å²) in [5, 5.41) is 3.09. The van der Waals surface area contributed by atoms with Crippen molar-refractivity contribution in [1.82, 2.24) is 5.32 Å². The van der Waals surface area contributed by atoms with Gasteiger partial charge in [0.25, 0.3) is 10.0 Å². The van der Waals surface area contributed by atoms with Crippen molar-refractivity contribution in [2.45, 2.75) is 43.5 Å². The number of rotatable bonds is 7. The van der Waals surface area contributed by atoms with Crippen LogP contribution in [0.2, 0.25) is 0 Å². The van der Waals surface area contributed by atoms with Crippen LogP contribution < -0.4 is 9.62 Å². The van der Waals surface area contributed by atoms with Gasteiger partial charge in [0.15, 0.2) is 0 Å². The molecule has 0 saturated carbocycles. The fraction of sp³-hybridized carbons (Fsp3) is 0.269. The first-order chi connectivity index (χ1) is 15.5. The van der Waals surface area contributed by atoms with Crippen LogP contribution in [0.4, 0.5) is 5.69 Å². The summed E-state index contributed by atoms with van der Waals surface area (Å²) in [5.41, 5.74) is 3.79. The van der Waals surface area contributed by atoms with Crippen molar-refractivity contribution in [3.8, 4) is 0 Å². The average molecular weight is 449 g/mol. The highest BCUT2D eigenvalue weighted by atomic mass is 32.2. The molecule has 1 amide bonds. The number of anilines is 1. The Morgan fingerprint density at radius 1 is 0.969 bits per heavy atom. The summed E-state index contributed by atoms with van der Waals surface area (Å²) in [6.07, 6.45) is 3.50. The second-order valence-electron chi connectivity index (χ2n) is 8.02. The molecule has 0 radical (unpaired) electrons. The smallest absolute Gasteiger partial charge is 0.264 e. The number of benzene rings is 3. The van der Waals surface area contributed by atoms with E-state index in [1.54, 1.807) is 42.5 Å². The number of carbonyl (C=O) groups excluding carboxylic acids is 1. The van der Waals surface area contributed by atoms with Crippen molar-refractivity contribution in [2.24, 2.45) is 0 Å². The lowest BCUT2D eigenvalue weighted by Crippen LogP contribution is -2.42. The highest BCUT2D eigenvalue weighted by molar-refractivity contribution is 7.92. The molecule has 0 spiro atoms. The Labute approximate surface area is 190 Å². The van der Waals surface area contributed by atoms with Crippen LogP contribution in [0, 0.1) is 0 Å². The SMILES string of the molecule is CCc1ccccc1N(CC(=O)N[C@@H]1CCCc2ccccc21)S(=O)(=O)c1ccccc1. The lowest BCUT2D eigenvalue weighted by Gasteiger charge is -2.29. The third kappa shape index (κ3) is 4.55. The largest absolute Gasteiger partial charge is 0.348 e. The second kappa shape index (κ2) is 9.57. The van der Waals surface area contributed by atoms with E-state index in [-0.39, 0.29) is 23.4 Å². The normalized spacial score (nSPS) is 15.6. The molecule has 32 heavy (non-hydrogen) atoms. The zero-order valence-electron chi connectivity index (χ0n) is 18.2. The highest BCUT2D eigenvalue weighted by Gasteiger charge is 2.30. The van der Waals surface area contributed by atoms with E-state index in [0.29, 0.717) is 12.1 Å². The van der Waals surface area contributed by atoms with Crippen molar-refractivity contribution in [1.29, 1.82) is 0 Å². The van der Waals surface area contributed by atoms with Gasteiger partial charge < -0.3 is 5.32 Å². The van der Waals surface area contributed by atoms with E-state index in [2.05, 4.69) is 11.4 Å². The molecule has 0 saturated heterocycles.